The highest BCUT2D eigenvalue weighted by Crippen LogP contribution is 2.14. The molecule has 0 saturated carbocycles. The molecule has 1 rings (SSSR count). The van der Waals surface area contributed by atoms with E-state index in [-0.39, 0.29) is 12.5 Å². The highest BCUT2D eigenvalue weighted by atomic mass is 16.5. The lowest BCUT2D eigenvalue weighted by Gasteiger charge is -2.12. The predicted molar refractivity (Wildman–Crippen MR) is 80.1 cm³/mol. The van der Waals surface area contributed by atoms with Crippen LogP contribution in [0.2, 0.25) is 0 Å². The molecule has 2 N–H and O–H groups in total. The van der Waals surface area contributed by atoms with Crippen LogP contribution in [0.1, 0.15) is 38.7 Å². The van der Waals surface area contributed by atoms with E-state index in [4.69, 9.17) is 9.84 Å². The summed E-state index contributed by atoms with van der Waals surface area (Å²) in [6.07, 6.45) is 2.55. The van der Waals surface area contributed by atoms with Crippen molar-refractivity contribution in [1.29, 1.82) is 0 Å². The fourth-order valence-corrected chi connectivity index (χ4v) is 2.00. The molecule has 0 atom stereocenters. The molecule has 1 amide bonds. The first-order valence-electron chi connectivity index (χ1n) is 7.25. The Bertz CT molecular complexity index is 469. The van der Waals surface area contributed by atoms with Gasteiger partial charge in [-0.3, -0.25) is 4.79 Å². The van der Waals surface area contributed by atoms with Crippen LogP contribution < -0.4 is 10.1 Å². The van der Waals surface area contributed by atoms with Crippen molar-refractivity contribution in [2.75, 3.05) is 6.61 Å². The van der Waals surface area contributed by atoms with E-state index in [1.54, 1.807) is 18.2 Å². The monoisotopic (exact) mass is 293 g/mol. The largest absolute Gasteiger partial charge is 0.482 e. The van der Waals surface area contributed by atoms with Gasteiger partial charge in [-0.2, -0.15) is 0 Å². The lowest BCUT2D eigenvalue weighted by molar-refractivity contribution is -0.139. The quantitative estimate of drug-likeness (QED) is 0.734. The lowest BCUT2D eigenvalue weighted by Crippen LogP contribution is -2.24. The molecule has 116 valence electrons. The molecule has 0 unspecified atom stereocenters. The molecule has 0 saturated heterocycles. The van der Waals surface area contributed by atoms with Crippen molar-refractivity contribution >= 4 is 11.9 Å². The van der Waals surface area contributed by atoms with Crippen LogP contribution in [0.3, 0.4) is 0 Å². The van der Waals surface area contributed by atoms with Gasteiger partial charge in [0, 0.05) is 13.0 Å². The van der Waals surface area contributed by atoms with Gasteiger partial charge in [-0.15, -0.1) is 0 Å². The number of ether oxygens (including phenoxy) is 1. The van der Waals surface area contributed by atoms with Crippen molar-refractivity contribution in [1.82, 2.24) is 5.32 Å². The molecule has 5 heteroatoms. The van der Waals surface area contributed by atoms with E-state index in [1.165, 1.54) is 0 Å². The molecule has 21 heavy (non-hydrogen) atoms. The van der Waals surface area contributed by atoms with Crippen LogP contribution in [0, 0.1) is 5.92 Å². The standard InChI is InChI=1S/C16H23NO4/c1-3-12(4-2)9-15(18)17-10-13-6-5-7-14(8-13)21-11-16(19)20/h5-8,12H,3-4,9-11H2,1-2H3,(H,17,18)(H,19,20). The molecule has 0 bridgehead atoms. The van der Waals surface area contributed by atoms with Gasteiger partial charge in [-0.25, -0.2) is 4.79 Å². The topological polar surface area (TPSA) is 75.6 Å². The predicted octanol–water partition coefficient (Wildman–Crippen LogP) is 2.59. The zero-order valence-electron chi connectivity index (χ0n) is 12.6. The summed E-state index contributed by atoms with van der Waals surface area (Å²) < 4.78 is 5.10. The summed E-state index contributed by atoms with van der Waals surface area (Å²) in [4.78, 5) is 22.3. The number of carboxylic acid groups (broad SMARTS) is 1. The number of hydrogen-bond acceptors (Lipinski definition) is 3. The number of carbonyl (C=O) groups is 2. The third-order valence-corrected chi connectivity index (χ3v) is 3.38. The second kappa shape index (κ2) is 9.00. The molecule has 0 heterocycles. The van der Waals surface area contributed by atoms with Crippen molar-refractivity contribution in [3.8, 4) is 5.75 Å². The molecule has 0 spiro atoms. The third-order valence-electron chi connectivity index (χ3n) is 3.38. The van der Waals surface area contributed by atoms with Gasteiger partial charge < -0.3 is 15.2 Å². The number of carboxylic acids is 1. The second-order valence-electron chi connectivity index (χ2n) is 4.99. The average Bonchev–Trinajstić information content (AvgIpc) is 2.49. The first kappa shape index (κ1) is 17.0. The van der Waals surface area contributed by atoms with Gasteiger partial charge in [0.15, 0.2) is 6.61 Å². The maximum Gasteiger partial charge on any atom is 0.341 e. The summed E-state index contributed by atoms with van der Waals surface area (Å²) in [6, 6.07) is 7.07. The zero-order valence-corrected chi connectivity index (χ0v) is 12.6. The Hall–Kier alpha value is -2.04. The molecular formula is C16H23NO4. The second-order valence-corrected chi connectivity index (χ2v) is 4.99. The van der Waals surface area contributed by atoms with Gasteiger partial charge in [0.2, 0.25) is 5.91 Å². The summed E-state index contributed by atoms with van der Waals surface area (Å²) in [5.41, 5.74) is 0.885. The fourth-order valence-electron chi connectivity index (χ4n) is 2.00. The maximum atomic E-state index is 11.8. The van der Waals surface area contributed by atoms with E-state index in [0.29, 0.717) is 24.6 Å². The molecule has 0 aliphatic carbocycles. The van der Waals surface area contributed by atoms with Crippen LogP contribution in [0.5, 0.6) is 5.75 Å². The van der Waals surface area contributed by atoms with E-state index < -0.39 is 5.97 Å². The Kier molecular flexibility index (Phi) is 7.29. The van der Waals surface area contributed by atoms with Crippen molar-refractivity contribution in [2.24, 2.45) is 5.92 Å². The number of nitrogens with one attached hydrogen (secondary N) is 1. The van der Waals surface area contributed by atoms with Crippen molar-refractivity contribution in [2.45, 2.75) is 39.7 Å². The Morgan fingerprint density at radius 2 is 2.00 bits per heavy atom. The first-order chi connectivity index (χ1) is 10.0. The average molecular weight is 293 g/mol. The molecule has 1 aromatic rings. The molecule has 0 fully saturated rings. The first-order valence-corrected chi connectivity index (χ1v) is 7.25. The van der Waals surface area contributed by atoms with Crippen LogP contribution in [0.25, 0.3) is 0 Å². The summed E-state index contributed by atoms with van der Waals surface area (Å²) in [5.74, 6) is -0.0567. The minimum Gasteiger partial charge on any atom is -0.482 e. The van der Waals surface area contributed by atoms with Gasteiger partial charge in [0.05, 0.1) is 0 Å². The van der Waals surface area contributed by atoms with Crippen LogP contribution in [0.4, 0.5) is 0 Å². The molecule has 0 aliphatic rings. The smallest absolute Gasteiger partial charge is 0.341 e. The SMILES string of the molecule is CCC(CC)CC(=O)NCc1cccc(OCC(=O)O)c1. The van der Waals surface area contributed by atoms with E-state index in [0.717, 1.165) is 18.4 Å². The van der Waals surface area contributed by atoms with Crippen molar-refractivity contribution < 1.29 is 19.4 Å². The van der Waals surface area contributed by atoms with Crippen LogP contribution in [-0.4, -0.2) is 23.6 Å². The Morgan fingerprint density at radius 3 is 2.62 bits per heavy atom. The van der Waals surface area contributed by atoms with Crippen LogP contribution in [0.15, 0.2) is 24.3 Å². The van der Waals surface area contributed by atoms with E-state index >= 15 is 0 Å². The third kappa shape index (κ3) is 6.79. The van der Waals surface area contributed by atoms with Crippen molar-refractivity contribution in [3.63, 3.8) is 0 Å². The van der Waals surface area contributed by atoms with Gasteiger partial charge in [0.25, 0.3) is 0 Å². The normalized spacial score (nSPS) is 10.4. The Labute approximate surface area is 125 Å². The summed E-state index contributed by atoms with van der Waals surface area (Å²) >= 11 is 0. The van der Waals surface area contributed by atoms with Gasteiger partial charge >= 0.3 is 5.97 Å². The minimum atomic E-state index is -1.01. The summed E-state index contributed by atoms with van der Waals surface area (Å²) in [5, 5.41) is 11.4. The number of hydrogen-bond donors (Lipinski definition) is 2. The number of aliphatic carboxylic acids is 1. The Balaban J connectivity index is 2.46. The summed E-state index contributed by atoms with van der Waals surface area (Å²) in [6.45, 7) is 4.23. The highest BCUT2D eigenvalue weighted by molar-refractivity contribution is 5.76. The minimum absolute atomic E-state index is 0.0422. The molecule has 5 nitrogen and oxygen atoms in total. The van der Waals surface area contributed by atoms with Crippen molar-refractivity contribution in [3.05, 3.63) is 29.8 Å². The molecular weight excluding hydrogens is 270 g/mol. The number of benzene rings is 1. The summed E-state index contributed by atoms with van der Waals surface area (Å²) in [7, 11) is 0. The van der Waals surface area contributed by atoms with E-state index in [9.17, 15) is 9.59 Å². The Morgan fingerprint density at radius 1 is 1.29 bits per heavy atom. The lowest BCUT2D eigenvalue weighted by atomic mass is 9.99. The van der Waals surface area contributed by atoms with Gasteiger partial charge in [0.1, 0.15) is 5.75 Å². The van der Waals surface area contributed by atoms with Crippen LogP contribution >= 0.6 is 0 Å². The molecule has 0 radical (unpaired) electrons. The highest BCUT2D eigenvalue weighted by Gasteiger charge is 2.10. The number of carbonyl (C=O) groups excluding carboxylic acids is 1. The fraction of sp³-hybridized carbons (Fsp3) is 0.500. The van der Waals surface area contributed by atoms with Gasteiger partial charge in [-0.05, 0) is 23.6 Å². The number of rotatable bonds is 9. The zero-order chi connectivity index (χ0) is 15.7. The molecule has 1 aromatic carbocycles. The number of amides is 1. The maximum absolute atomic E-state index is 11.8. The molecule has 0 aliphatic heterocycles. The van der Waals surface area contributed by atoms with Gasteiger partial charge in [-0.1, -0.05) is 38.8 Å². The van der Waals surface area contributed by atoms with E-state index in [2.05, 4.69) is 19.2 Å². The van der Waals surface area contributed by atoms with E-state index in [1.807, 2.05) is 6.07 Å². The molecule has 0 aromatic heterocycles. The van der Waals surface area contributed by atoms with Crippen LogP contribution in [-0.2, 0) is 16.1 Å².